The number of benzene rings is 2. The average Bonchev–Trinajstić information content (AvgIpc) is 2.64. The summed E-state index contributed by atoms with van der Waals surface area (Å²) in [5.74, 6) is 0.173. The van der Waals surface area contributed by atoms with Crippen LogP contribution < -0.4 is 15.4 Å². The van der Waals surface area contributed by atoms with Gasteiger partial charge < -0.3 is 15.4 Å². The van der Waals surface area contributed by atoms with Crippen LogP contribution in [0.4, 0.5) is 0 Å². The van der Waals surface area contributed by atoms with Gasteiger partial charge in [-0.1, -0.05) is 36.7 Å². The highest BCUT2D eigenvalue weighted by Crippen LogP contribution is 2.19. The van der Waals surface area contributed by atoms with Crippen molar-refractivity contribution in [2.45, 2.75) is 19.4 Å². The van der Waals surface area contributed by atoms with Crippen molar-refractivity contribution in [3.63, 3.8) is 0 Å². The van der Waals surface area contributed by atoms with Crippen molar-refractivity contribution in [3.05, 3.63) is 64.7 Å². The Hall–Kier alpha value is -2.53. The van der Waals surface area contributed by atoms with Crippen LogP contribution in [0.3, 0.4) is 0 Å². The van der Waals surface area contributed by atoms with Gasteiger partial charge in [0.1, 0.15) is 5.75 Å². The van der Waals surface area contributed by atoms with Gasteiger partial charge in [-0.15, -0.1) is 0 Å². The van der Waals surface area contributed by atoms with Gasteiger partial charge in [-0.2, -0.15) is 0 Å². The molecular formula is C19H21ClN2O3. The summed E-state index contributed by atoms with van der Waals surface area (Å²) in [4.78, 5) is 24.2. The lowest BCUT2D eigenvalue weighted by molar-refractivity contribution is -0.120. The molecule has 0 bridgehead atoms. The molecular weight excluding hydrogens is 340 g/mol. The number of hydrogen-bond donors (Lipinski definition) is 2. The van der Waals surface area contributed by atoms with Gasteiger partial charge in [-0.25, -0.2) is 0 Å². The van der Waals surface area contributed by atoms with E-state index in [0.29, 0.717) is 10.6 Å². The lowest BCUT2D eigenvalue weighted by Gasteiger charge is -2.18. The summed E-state index contributed by atoms with van der Waals surface area (Å²) < 4.78 is 5.13. The number of carbonyl (C=O) groups is 2. The number of methoxy groups -OCH3 is 1. The minimum Gasteiger partial charge on any atom is -0.497 e. The van der Waals surface area contributed by atoms with Crippen LogP contribution in [0.15, 0.2) is 48.5 Å². The molecule has 2 amide bonds. The zero-order valence-electron chi connectivity index (χ0n) is 14.2. The number of rotatable bonds is 7. The second kappa shape index (κ2) is 9.08. The first kappa shape index (κ1) is 18.8. The second-order valence-corrected chi connectivity index (χ2v) is 5.93. The molecule has 1 atom stereocenters. The lowest BCUT2D eigenvalue weighted by atomic mass is 10.0. The molecule has 2 aromatic rings. The zero-order valence-corrected chi connectivity index (χ0v) is 15.0. The van der Waals surface area contributed by atoms with Gasteiger partial charge in [0.15, 0.2) is 0 Å². The Kier molecular flexibility index (Phi) is 6.83. The van der Waals surface area contributed by atoms with Crippen molar-refractivity contribution in [3.8, 4) is 5.75 Å². The van der Waals surface area contributed by atoms with Gasteiger partial charge in [-0.05, 0) is 42.3 Å². The maximum absolute atomic E-state index is 12.1. The summed E-state index contributed by atoms with van der Waals surface area (Å²) >= 11 is 5.86. The molecule has 0 saturated carbocycles. The number of ether oxygens (including phenoxy) is 1. The molecule has 1 unspecified atom stereocenters. The van der Waals surface area contributed by atoms with E-state index in [1.54, 1.807) is 31.4 Å². The molecule has 0 aliphatic heterocycles. The van der Waals surface area contributed by atoms with Gasteiger partial charge in [0.2, 0.25) is 5.91 Å². The van der Waals surface area contributed by atoms with E-state index in [1.807, 2.05) is 31.2 Å². The summed E-state index contributed by atoms with van der Waals surface area (Å²) in [5, 5.41) is 5.99. The lowest BCUT2D eigenvalue weighted by Crippen LogP contribution is -2.38. The molecule has 25 heavy (non-hydrogen) atoms. The molecule has 2 rings (SSSR count). The van der Waals surface area contributed by atoms with Gasteiger partial charge in [0.05, 0.1) is 19.7 Å². The van der Waals surface area contributed by atoms with Gasteiger partial charge in [0.25, 0.3) is 5.91 Å². The minimum absolute atomic E-state index is 0.0992. The largest absolute Gasteiger partial charge is 0.497 e. The van der Waals surface area contributed by atoms with Crippen LogP contribution in [-0.2, 0) is 4.79 Å². The molecule has 0 saturated heterocycles. The zero-order chi connectivity index (χ0) is 18.2. The van der Waals surface area contributed by atoms with Crippen LogP contribution >= 0.6 is 11.6 Å². The Bertz CT molecular complexity index is 732. The minimum atomic E-state index is -0.338. The van der Waals surface area contributed by atoms with Crippen LogP contribution in [0.25, 0.3) is 0 Å². The first-order chi connectivity index (χ1) is 12.0. The van der Waals surface area contributed by atoms with Gasteiger partial charge in [0, 0.05) is 10.6 Å². The molecule has 5 nitrogen and oxygen atoms in total. The average molecular weight is 361 g/mol. The Morgan fingerprint density at radius 3 is 2.48 bits per heavy atom. The van der Waals surface area contributed by atoms with E-state index in [9.17, 15) is 9.59 Å². The summed E-state index contributed by atoms with van der Waals surface area (Å²) in [7, 11) is 1.61. The number of nitrogens with one attached hydrogen (secondary N) is 2. The van der Waals surface area contributed by atoms with E-state index in [-0.39, 0.29) is 24.4 Å². The van der Waals surface area contributed by atoms with E-state index in [0.717, 1.165) is 17.7 Å². The Balaban J connectivity index is 1.90. The van der Waals surface area contributed by atoms with Gasteiger partial charge in [-0.3, -0.25) is 9.59 Å². The third-order valence-electron chi connectivity index (χ3n) is 3.76. The fourth-order valence-corrected chi connectivity index (χ4v) is 2.59. The number of halogens is 1. The first-order valence-corrected chi connectivity index (χ1v) is 8.38. The van der Waals surface area contributed by atoms with Crippen LogP contribution in [0.1, 0.15) is 35.3 Å². The van der Waals surface area contributed by atoms with E-state index in [2.05, 4.69) is 10.6 Å². The summed E-state index contributed by atoms with van der Waals surface area (Å²) in [6, 6.07) is 14.0. The van der Waals surface area contributed by atoms with Crippen LogP contribution in [0, 0.1) is 0 Å². The monoisotopic (exact) mass is 360 g/mol. The summed E-state index contributed by atoms with van der Waals surface area (Å²) in [5.41, 5.74) is 1.40. The maximum Gasteiger partial charge on any atom is 0.251 e. The number of hydrogen-bond acceptors (Lipinski definition) is 3. The fourth-order valence-electron chi connectivity index (χ4n) is 2.40. The van der Waals surface area contributed by atoms with E-state index in [4.69, 9.17) is 16.3 Å². The number of amides is 2. The van der Waals surface area contributed by atoms with Crippen LogP contribution in [0.5, 0.6) is 5.75 Å². The first-order valence-electron chi connectivity index (χ1n) is 8.00. The van der Waals surface area contributed by atoms with E-state index < -0.39 is 0 Å². The predicted octanol–water partition coefficient (Wildman–Crippen LogP) is 3.35. The molecule has 2 N–H and O–H groups in total. The summed E-state index contributed by atoms with van der Waals surface area (Å²) in [6.07, 6.45) is 0.736. The molecule has 0 fully saturated rings. The van der Waals surface area contributed by atoms with Gasteiger partial charge >= 0.3 is 0 Å². The van der Waals surface area contributed by atoms with Crippen molar-refractivity contribution in [1.29, 1.82) is 0 Å². The maximum atomic E-state index is 12.1. The van der Waals surface area contributed by atoms with E-state index in [1.165, 1.54) is 0 Å². The second-order valence-electron chi connectivity index (χ2n) is 5.49. The number of carbonyl (C=O) groups excluding carboxylic acids is 2. The van der Waals surface area contributed by atoms with Crippen molar-refractivity contribution >= 4 is 23.4 Å². The Morgan fingerprint density at radius 2 is 1.88 bits per heavy atom. The topological polar surface area (TPSA) is 67.4 Å². The molecule has 0 aliphatic carbocycles. The van der Waals surface area contributed by atoms with Crippen LogP contribution in [0.2, 0.25) is 5.02 Å². The highest BCUT2D eigenvalue weighted by molar-refractivity contribution is 6.30. The SMILES string of the molecule is CCC(NC(=O)CNC(=O)c1cccc(Cl)c1)c1ccc(OC)cc1. The fraction of sp³-hybridized carbons (Fsp3) is 0.263. The van der Waals surface area contributed by atoms with Crippen molar-refractivity contribution in [2.75, 3.05) is 13.7 Å². The van der Waals surface area contributed by atoms with E-state index >= 15 is 0 Å². The summed E-state index contributed by atoms with van der Waals surface area (Å²) in [6.45, 7) is 1.89. The molecule has 0 spiro atoms. The smallest absolute Gasteiger partial charge is 0.251 e. The third-order valence-corrected chi connectivity index (χ3v) is 3.99. The highest BCUT2D eigenvalue weighted by atomic mass is 35.5. The van der Waals surface area contributed by atoms with Crippen molar-refractivity contribution in [1.82, 2.24) is 10.6 Å². The normalized spacial score (nSPS) is 11.5. The van der Waals surface area contributed by atoms with Crippen LogP contribution in [-0.4, -0.2) is 25.5 Å². The molecule has 2 aromatic carbocycles. The highest BCUT2D eigenvalue weighted by Gasteiger charge is 2.14. The van der Waals surface area contributed by atoms with Crippen molar-refractivity contribution < 1.29 is 14.3 Å². The molecule has 0 heterocycles. The standard InChI is InChI=1S/C19H21ClN2O3/c1-3-17(13-7-9-16(25-2)10-8-13)22-18(23)12-21-19(24)14-5-4-6-15(20)11-14/h4-11,17H,3,12H2,1-2H3,(H,21,24)(H,22,23). The van der Waals surface area contributed by atoms with Crippen molar-refractivity contribution in [2.24, 2.45) is 0 Å². The Labute approximate surface area is 152 Å². The Morgan fingerprint density at radius 1 is 1.16 bits per heavy atom. The molecule has 6 heteroatoms. The third kappa shape index (κ3) is 5.50. The molecule has 0 aromatic heterocycles. The quantitative estimate of drug-likeness (QED) is 0.795. The molecule has 0 radical (unpaired) electrons. The molecule has 132 valence electrons. The predicted molar refractivity (Wildman–Crippen MR) is 98.0 cm³/mol. The molecule has 0 aliphatic rings.